The highest BCUT2D eigenvalue weighted by molar-refractivity contribution is 6.08. The van der Waals surface area contributed by atoms with Gasteiger partial charge in [0.2, 0.25) is 0 Å². The van der Waals surface area contributed by atoms with Gasteiger partial charge in [-0.1, -0.05) is 0 Å². The van der Waals surface area contributed by atoms with Gasteiger partial charge in [0.05, 0.1) is 31.4 Å². The highest BCUT2D eigenvalue weighted by Crippen LogP contribution is 2.37. The number of alkyl carbamates (subject to hydrolysis) is 1. The molecule has 196 valence electrons. The average Bonchev–Trinajstić information content (AvgIpc) is 3.64. The third-order valence-electron chi connectivity index (χ3n) is 6.98. The van der Waals surface area contributed by atoms with Crippen molar-refractivity contribution in [3.8, 4) is 22.8 Å². The predicted octanol–water partition coefficient (Wildman–Crippen LogP) is 4.21. The van der Waals surface area contributed by atoms with Crippen LogP contribution in [-0.2, 0) is 4.74 Å². The fourth-order valence-corrected chi connectivity index (χ4v) is 4.74. The first-order valence-electron chi connectivity index (χ1n) is 12.9. The molecule has 2 saturated carbocycles. The Hall–Kier alpha value is -3.82. The van der Waals surface area contributed by atoms with Crippen LogP contribution in [0.4, 0.5) is 4.79 Å². The molecule has 1 aromatic carbocycles. The van der Waals surface area contributed by atoms with Gasteiger partial charge in [-0.25, -0.2) is 14.8 Å². The monoisotopic (exact) mass is 507 g/mol. The van der Waals surface area contributed by atoms with Gasteiger partial charge in [-0.3, -0.25) is 4.79 Å². The number of carbonyl (C=O) groups is 2. The molecule has 10 nitrogen and oxygen atoms in total. The Bertz CT molecular complexity index is 1260. The molecule has 2 fully saturated rings. The second kappa shape index (κ2) is 11.1. The van der Waals surface area contributed by atoms with Gasteiger partial charge in [0, 0.05) is 23.8 Å². The molecule has 0 bridgehead atoms. The number of amides is 2. The number of rotatable bonds is 9. The number of methoxy groups -OCH3 is 1. The van der Waals surface area contributed by atoms with Gasteiger partial charge in [-0.05, 0) is 69.6 Å². The van der Waals surface area contributed by atoms with E-state index in [4.69, 9.17) is 14.2 Å². The van der Waals surface area contributed by atoms with Crippen LogP contribution in [0.3, 0.4) is 0 Å². The highest BCUT2D eigenvalue weighted by Gasteiger charge is 2.27. The third-order valence-corrected chi connectivity index (χ3v) is 6.98. The molecule has 3 N–H and O–H groups in total. The zero-order valence-electron chi connectivity index (χ0n) is 21.2. The standard InChI is InChI=1S/C27H33N5O5/c1-3-36-27(34)32-18-8-6-17(7-9-18)31-26(33)21-13-28-25-23(29-15-30-24(21)25)20-12-19(35-2)10-11-22(20)37-14-16-4-5-16/h10-13,15-18,28H,3-9,14H2,1-2H3,(H,31,33)(H,32,34). The molecule has 2 aromatic heterocycles. The Morgan fingerprint density at radius 3 is 2.51 bits per heavy atom. The van der Waals surface area contributed by atoms with Crippen molar-refractivity contribution in [3.63, 3.8) is 0 Å². The molecule has 2 aliphatic carbocycles. The first-order chi connectivity index (χ1) is 18.1. The lowest BCUT2D eigenvalue weighted by molar-refractivity contribution is 0.0923. The summed E-state index contributed by atoms with van der Waals surface area (Å²) in [6.07, 6.45) is 8.27. The van der Waals surface area contributed by atoms with E-state index in [-0.39, 0.29) is 24.1 Å². The van der Waals surface area contributed by atoms with E-state index >= 15 is 0 Å². The van der Waals surface area contributed by atoms with E-state index in [9.17, 15) is 9.59 Å². The largest absolute Gasteiger partial charge is 0.497 e. The molecule has 2 heterocycles. The zero-order valence-corrected chi connectivity index (χ0v) is 21.2. The summed E-state index contributed by atoms with van der Waals surface area (Å²) in [5.74, 6) is 1.84. The minimum atomic E-state index is -0.388. The SMILES string of the molecule is CCOC(=O)NC1CCC(NC(=O)c2c[nH]c3c(-c4cc(OC)ccc4OCC4CC4)ncnc23)CC1. The molecule has 2 aliphatic rings. The lowest BCUT2D eigenvalue weighted by Gasteiger charge is -2.29. The minimum absolute atomic E-state index is 0.0276. The van der Waals surface area contributed by atoms with Crippen LogP contribution in [0.15, 0.2) is 30.7 Å². The summed E-state index contributed by atoms with van der Waals surface area (Å²) in [5.41, 5.74) is 3.12. The van der Waals surface area contributed by atoms with Crippen molar-refractivity contribution in [2.45, 2.75) is 57.5 Å². The van der Waals surface area contributed by atoms with E-state index < -0.39 is 0 Å². The van der Waals surface area contributed by atoms with Crippen LogP contribution in [0.25, 0.3) is 22.3 Å². The maximum Gasteiger partial charge on any atom is 0.407 e. The van der Waals surface area contributed by atoms with Crippen LogP contribution in [0, 0.1) is 5.92 Å². The molecular formula is C27H33N5O5. The van der Waals surface area contributed by atoms with Gasteiger partial charge in [0.1, 0.15) is 29.0 Å². The third kappa shape index (κ3) is 5.79. The molecule has 10 heteroatoms. The number of aromatic nitrogens is 3. The van der Waals surface area contributed by atoms with Crippen LogP contribution < -0.4 is 20.1 Å². The molecule has 0 spiro atoms. The van der Waals surface area contributed by atoms with Crippen molar-refractivity contribution in [2.24, 2.45) is 5.92 Å². The topological polar surface area (TPSA) is 127 Å². The van der Waals surface area contributed by atoms with Crippen LogP contribution in [0.2, 0.25) is 0 Å². The van der Waals surface area contributed by atoms with Gasteiger partial charge in [-0.2, -0.15) is 0 Å². The van der Waals surface area contributed by atoms with Gasteiger partial charge in [0.15, 0.2) is 0 Å². The van der Waals surface area contributed by atoms with Crippen LogP contribution in [0.1, 0.15) is 55.8 Å². The quantitative estimate of drug-likeness (QED) is 0.396. The molecule has 0 unspecified atom stereocenters. The van der Waals surface area contributed by atoms with E-state index in [1.165, 1.54) is 19.2 Å². The number of hydrogen-bond acceptors (Lipinski definition) is 7. The minimum Gasteiger partial charge on any atom is -0.497 e. The number of benzene rings is 1. The Morgan fingerprint density at radius 1 is 1.05 bits per heavy atom. The normalized spacial score (nSPS) is 19.3. The Labute approximate surface area is 215 Å². The molecule has 0 atom stereocenters. The van der Waals surface area contributed by atoms with E-state index in [1.54, 1.807) is 20.2 Å². The maximum atomic E-state index is 13.2. The Kier molecular flexibility index (Phi) is 7.43. The number of nitrogens with zero attached hydrogens (tertiary/aromatic N) is 2. The summed E-state index contributed by atoms with van der Waals surface area (Å²) in [5, 5.41) is 6.02. The molecule has 5 rings (SSSR count). The number of aromatic amines is 1. The highest BCUT2D eigenvalue weighted by atomic mass is 16.5. The number of carbonyl (C=O) groups excluding carboxylic acids is 2. The van der Waals surface area contributed by atoms with Gasteiger partial charge in [0.25, 0.3) is 5.91 Å². The number of hydrogen-bond donors (Lipinski definition) is 3. The zero-order chi connectivity index (χ0) is 25.8. The summed E-state index contributed by atoms with van der Waals surface area (Å²) in [6, 6.07) is 5.76. The summed E-state index contributed by atoms with van der Waals surface area (Å²) < 4.78 is 16.5. The molecule has 2 amide bonds. The molecular weight excluding hydrogens is 474 g/mol. The molecule has 0 aliphatic heterocycles. The molecule has 0 saturated heterocycles. The molecule has 37 heavy (non-hydrogen) atoms. The second-order valence-corrected chi connectivity index (χ2v) is 9.65. The number of ether oxygens (including phenoxy) is 3. The summed E-state index contributed by atoms with van der Waals surface area (Å²) >= 11 is 0. The summed E-state index contributed by atoms with van der Waals surface area (Å²) in [7, 11) is 1.62. The van der Waals surface area contributed by atoms with Crippen molar-refractivity contribution in [1.29, 1.82) is 0 Å². The van der Waals surface area contributed by atoms with Crippen molar-refractivity contribution in [1.82, 2.24) is 25.6 Å². The van der Waals surface area contributed by atoms with Crippen LogP contribution >= 0.6 is 0 Å². The van der Waals surface area contributed by atoms with Crippen molar-refractivity contribution in [2.75, 3.05) is 20.3 Å². The van der Waals surface area contributed by atoms with E-state index in [0.717, 1.165) is 37.0 Å². The number of nitrogens with one attached hydrogen (secondary N) is 3. The second-order valence-electron chi connectivity index (χ2n) is 9.65. The molecule has 0 radical (unpaired) electrons. The van der Waals surface area contributed by atoms with Crippen LogP contribution in [0.5, 0.6) is 11.5 Å². The first kappa shape index (κ1) is 24.9. The van der Waals surface area contributed by atoms with Crippen LogP contribution in [-0.4, -0.2) is 59.4 Å². The Morgan fingerprint density at radius 2 is 1.81 bits per heavy atom. The lowest BCUT2D eigenvalue weighted by atomic mass is 9.91. The maximum absolute atomic E-state index is 13.2. The van der Waals surface area contributed by atoms with Crippen molar-refractivity contribution in [3.05, 3.63) is 36.3 Å². The fourth-order valence-electron chi connectivity index (χ4n) is 4.74. The number of fused-ring (bicyclic) bond motifs is 1. The van der Waals surface area contributed by atoms with Gasteiger partial charge < -0.3 is 29.8 Å². The smallest absolute Gasteiger partial charge is 0.407 e. The summed E-state index contributed by atoms with van der Waals surface area (Å²) in [4.78, 5) is 37.0. The lowest BCUT2D eigenvalue weighted by Crippen LogP contribution is -2.43. The van der Waals surface area contributed by atoms with Gasteiger partial charge in [-0.15, -0.1) is 0 Å². The number of H-pyrrole nitrogens is 1. The Balaban J connectivity index is 1.31. The first-order valence-corrected chi connectivity index (χ1v) is 12.9. The van der Waals surface area contributed by atoms with E-state index in [1.807, 2.05) is 18.2 Å². The van der Waals surface area contributed by atoms with Gasteiger partial charge >= 0.3 is 6.09 Å². The molecule has 3 aromatic rings. The fraction of sp³-hybridized carbons (Fsp3) is 0.481. The average molecular weight is 508 g/mol. The van der Waals surface area contributed by atoms with E-state index in [2.05, 4.69) is 25.6 Å². The van der Waals surface area contributed by atoms with Crippen molar-refractivity contribution >= 4 is 23.0 Å². The van der Waals surface area contributed by atoms with E-state index in [0.29, 0.717) is 47.2 Å². The van der Waals surface area contributed by atoms with Crippen molar-refractivity contribution < 1.29 is 23.8 Å². The predicted molar refractivity (Wildman–Crippen MR) is 138 cm³/mol. The summed E-state index contributed by atoms with van der Waals surface area (Å²) in [6.45, 7) is 2.80.